The van der Waals surface area contributed by atoms with Crippen molar-refractivity contribution in [1.29, 1.82) is 5.26 Å². The summed E-state index contributed by atoms with van der Waals surface area (Å²) in [7, 11) is 0. The zero-order valence-corrected chi connectivity index (χ0v) is 15.3. The molecule has 28 heavy (non-hydrogen) atoms. The van der Waals surface area contributed by atoms with E-state index >= 15 is 0 Å². The van der Waals surface area contributed by atoms with Crippen LogP contribution in [0.2, 0.25) is 0 Å². The molecule has 1 aromatic carbocycles. The second kappa shape index (κ2) is 6.72. The Morgan fingerprint density at radius 2 is 2.00 bits per heavy atom. The first-order valence-electron chi connectivity index (χ1n) is 8.63. The van der Waals surface area contributed by atoms with Gasteiger partial charge in [-0.2, -0.15) is 20.1 Å². The quantitative estimate of drug-likeness (QED) is 0.567. The molecule has 4 aromatic rings. The maximum atomic E-state index is 10.6. The van der Waals surface area contributed by atoms with Gasteiger partial charge in [0.1, 0.15) is 11.3 Å². The Kier molecular flexibility index (Phi) is 4.22. The van der Waals surface area contributed by atoms with E-state index < -0.39 is 5.60 Å². The highest BCUT2D eigenvalue weighted by Gasteiger charge is 2.28. The Bertz CT molecular complexity index is 1200. The van der Waals surface area contributed by atoms with E-state index in [-0.39, 0.29) is 0 Å². The lowest BCUT2D eigenvalue weighted by Gasteiger charge is -2.16. The number of nitrogens with one attached hydrogen (secondary N) is 1. The number of nitrogens with zero attached hydrogens (tertiary/aromatic N) is 6. The molecule has 3 heterocycles. The lowest BCUT2D eigenvalue weighted by atomic mass is 9.98. The first-order chi connectivity index (χ1) is 13.5. The van der Waals surface area contributed by atoms with E-state index in [9.17, 15) is 5.11 Å². The molecule has 0 saturated carbocycles. The fourth-order valence-corrected chi connectivity index (χ4v) is 2.93. The molecule has 138 valence electrons. The van der Waals surface area contributed by atoms with Crippen molar-refractivity contribution in [3.05, 3.63) is 66.1 Å². The van der Waals surface area contributed by atoms with E-state index in [1.54, 1.807) is 50.5 Å². The zero-order valence-electron chi connectivity index (χ0n) is 15.3. The molecule has 0 unspecified atom stereocenters. The van der Waals surface area contributed by atoms with Crippen molar-refractivity contribution in [3.63, 3.8) is 0 Å². The fraction of sp³-hybridized carbons (Fsp3) is 0.150. The first kappa shape index (κ1) is 17.6. The number of benzene rings is 1. The Balaban J connectivity index is 1.81. The van der Waals surface area contributed by atoms with Crippen LogP contribution in [0.15, 0.2) is 54.9 Å². The summed E-state index contributed by atoms with van der Waals surface area (Å²) in [5, 5.41) is 31.4. The molecule has 8 heteroatoms. The van der Waals surface area contributed by atoms with Gasteiger partial charge in [0.25, 0.3) is 0 Å². The highest BCUT2D eigenvalue weighted by Crippen LogP contribution is 2.33. The van der Waals surface area contributed by atoms with Crippen LogP contribution in [-0.4, -0.2) is 29.9 Å². The van der Waals surface area contributed by atoms with Crippen LogP contribution in [0.4, 0.5) is 11.6 Å². The minimum absolute atomic E-state index is 0.373. The smallest absolute Gasteiger partial charge is 0.227 e. The van der Waals surface area contributed by atoms with E-state index in [0.29, 0.717) is 34.2 Å². The van der Waals surface area contributed by atoms with Gasteiger partial charge >= 0.3 is 0 Å². The van der Waals surface area contributed by atoms with Crippen molar-refractivity contribution in [2.45, 2.75) is 19.4 Å². The number of hydrogen-bond donors (Lipinski definition) is 2. The first-order valence-corrected chi connectivity index (χ1v) is 8.63. The van der Waals surface area contributed by atoms with Crippen molar-refractivity contribution in [2.24, 2.45) is 0 Å². The third-order valence-electron chi connectivity index (χ3n) is 4.16. The van der Waals surface area contributed by atoms with Crippen molar-refractivity contribution < 1.29 is 5.11 Å². The molecular formula is C20H17N7O. The van der Waals surface area contributed by atoms with Gasteiger partial charge in [0.15, 0.2) is 0 Å². The SMILES string of the molecule is CC(C)(O)c1nn2ncccc2c1-c1ccnc(Nc2cccc(C#N)c2)n1. The Hall–Kier alpha value is -3.83. The Morgan fingerprint density at radius 1 is 1.14 bits per heavy atom. The summed E-state index contributed by atoms with van der Waals surface area (Å²) in [5.74, 6) is 0.373. The zero-order chi connectivity index (χ0) is 19.7. The summed E-state index contributed by atoms with van der Waals surface area (Å²) >= 11 is 0. The number of rotatable bonds is 4. The molecule has 0 fully saturated rings. The molecule has 0 amide bonds. The van der Waals surface area contributed by atoms with Crippen LogP contribution in [0.5, 0.6) is 0 Å². The number of hydrogen-bond acceptors (Lipinski definition) is 7. The van der Waals surface area contributed by atoms with Gasteiger partial charge in [-0.05, 0) is 50.2 Å². The normalized spacial score (nSPS) is 11.4. The van der Waals surface area contributed by atoms with Gasteiger partial charge in [0.05, 0.1) is 28.4 Å². The second-order valence-corrected chi connectivity index (χ2v) is 6.76. The maximum absolute atomic E-state index is 10.6. The van der Waals surface area contributed by atoms with Crippen LogP contribution in [-0.2, 0) is 5.60 Å². The van der Waals surface area contributed by atoms with Crippen LogP contribution >= 0.6 is 0 Å². The standard InChI is InChI=1S/C20H17N7O/c1-20(2,28)18-17(16-7-4-9-23-27(16)26-18)15-8-10-22-19(25-15)24-14-6-3-5-13(11-14)12-21/h3-11,28H,1-2H3,(H,22,24,25). The molecule has 0 radical (unpaired) electrons. The lowest BCUT2D eigenvalue weighted by Crippen LogP contribution is -2.17. The molecule has 0 aliphatic carbocycles. The highest BCUT2D eigenvalue weighted by molar-refractivity contribution is 5.81. The average Bonchev–Trinajstić information content (AvgIpc) is 3.08. The van der Waals surface area contributed by atoms with Gasteiger partial charge in [-0.15, -0.1) is 0 Å². The van der Waals surface area contributed by atoms with Crippen molar-refractivity contribution in [1.82, 2.24) is 24.8 Å². The molecular weight excluding hydrogens is 354 g/mol. The monoisotopic (exact) mass is 371 g/mol. The van der Waals surface area contributed by atoms with Crippen LogP contribution in [0, 0.1) is 11.3 Å². The molecule has 0 atom stereocenters. The van der Waals surface area contributed by atoms with Gasteiger partial charge in [0, 0.05) is 18.1 Å². The number of aromatic nitrogens is 5. The summed E-state index contributed by atoms with van der Waals surface area (Å²) in [6, 6.07) is 14.6. The molecule has 0 aliphatic rings. The molecule has 0 saturated heterocycles. The molecule has 8 nitrogen and oxygen atoms in total. The number of nitriles is 1. The average molecular weight is 371 g/mol. The topological polar surface area (TPSA) is 112 Å². The van der Waals surface area contributed by atoms with Crippen molar-refractivity contribution >= 4 is 17.2 Å². The maximum Gasteiger partial charge on any atom is 0.227 e. The van der Waals surface area contributed by atoms with Gasteiger partial charge in [-0.1, -0.05) is 6.07 Å². The number of anilines is 2. The number of fused-ring (bicyclic) bond motifs is 1. The van der Waals surface area contributed by atoms with E-state index in [4.69, 9.17) is 5.26 Å². The third-order valence-corrected chi connectivity index (χ3v) is 4.16. The minimum Gasteiger partial charge on any atom is -0.384 e. The summed E-state index contributed by atoms with van der Waals surface area (Å²) in [6.45, 7) is 3.35. The molecule has 0 bridgehead atoms. The van der Waals surface area contributed by atoms with E-state index in [1.807, 2.05) is 18.2 Å². The molecule has 4 rings (SSSR count). The predicted octanol–water partition coefficient (Wildman–Crippen LogP) is 3.03. The van der Waals surface area contributed by atoms with Gasteiger partial charge in [-0.25, -0.2) is 9.97 Å². The van der Waals surface area contributed by atoms with Crippen LogP contribution < -0.4 is 5.32 Å². The largest absolute Gasteiger partial charge is 0.384 e. The highest BCUT2D eigenvalue weighted by atomic mass is 16.3. The summed E-state index contributed by atoms with van der Waals surface area (Å²) in [6.07, 6.45) is 3.26. The van der Waals surface area contributed by atoms with E-state index in [1.165, 1.54) is 4.63 Å². The minimum atomic E-state index is -1.18. The van der Waals surface area contributed by atoms with Crippen molar-refractivity contribution in [2.75, 3.05) is 5.32 Å². The summed E-state index contributed by atoms with van der Waals surface area (Å²) in [5.41, 5.74) is 2.58. The lowest BCUT2D eigenvalue weighted by molar-refractivity contribution is 0.0739. The van der Waals surface area contributed by atoms with Gasteiger partial charge in [0.2, 0.25) is 5.95 Å². The van der Waals surface area contributed by atoms with Gasteiger partial charge in [-0.3, -0.25) is 0 Å². The third kappa shape index (κ3) is 3.26. The fourth-order valence-electron chi connectivity index (χ4n) is 2.93. The van der Waals surface area contributed by atoms with Crippen molar-refractivity contribution in [3.8, 4) is 17.3 Å². The van der Waals surface area contributed by atoms with E-state index in [0.717, 1.165) is 5.52 Å². The van der Waals surface area contributed by atoms with Crippen LogP contribution in [0.3, 0.4) is 0 Å². The molecule has 0 spiro atoms. The second-order valence-electron chi connectivity index (χ2n) is 6.76. The number of aliphatic hydroxyl groups is 1. The predicted molar refractivity (Wildman–Crippen MR) is 104 cm³/mol. The molecule has 3 aromatic heterocycles. The Morgan fingerprint density at radius 3 is 2.79 bits per heavy atom. The molecule has 0 aliphatic heterocycles. The molecule has 2 N–H and O–H groups in total. The summed E-state index contributed by atoms with van der Waals surface area (Å²) < 4.78 is 1.48. The van der Waals surface area contributed by atoms with Crippen LogP contribution in [0.25, 0.3) is 16.8 Å². The van der Waals surface area contributed by atoms with E-state index in [2.05, 4.69) is 31.6 Å². The van der Waals surface area contributed by atoms with Crippen LogP contribution in [0.1, 0.15) is 25.1 Å². The summed E-state index contributed by atoms with van der Waals surface area (Å²) in [4.78, 5) is 8.85. The Labute approximate surface area is 161 Å². The van der Waals surface area contributed by atoms with Gasteiger partial charge < -0.3 is 10.4 Å².